The van der Waals surface area contributed by atoms with E-state index in [9.17, 15) is 0 Å². The topological polar surface area (TPSA) is 32.3 Å². The normalized spacial score (nSPS) is 15.5. The second kappa shape index (κ2) is 5.49. The molecule has 0 atom stereocenters. The van der Waals surface area contributed by atoms with Gasteiger partial charge in [0.1, 0.15) is 5.82 Å². The van der Waals surface area contributed by atoms with E-state index in [0.29, 0.717) is 0 Å². The monoisotopic (exact) mass is 268 g/mol. The SMILES string of the molecule is Cc1ccc(N2CCN(c3cnccn3)CC2)c(C)c1. The lowest BCUT2D eigenvalue weighted by Gasteiger charge is -2.37. The van der Waals surface area contributed by atoms with E-state index in [0.717, 1.165) is 32.0 Å². The van der Waals surface area contributed by atoms with Crippen molar-refractivity contribution in [3.05, 3.63) is 47.9 Å². The van der Waals surface area contributed by atoms with Crippen LogP contribution in [0.4, 0.5) is 11.5 Å². The van der Waals surface area contributed by atoms with Crippen LogP contribution in [0.5, 0.6) is 0 Å². The van der Waals surface area contributed by atoms with E-state index in [-0.39, 0.29) is 0 Å². The number of aromatic nitrogens is 2. The number of hydrogen-bond donors (Lipinski definition) is 0. The Morgan fingerprint density at radius 2 is 1.70 bits per heavy atom. The van der Waals surface area contributed by atoms with Gasteiger partial charge in [-0.05, 0) is 25.5 Å². The summed E-state index contributed by atoms with van der Waals surface area (Å²) in [4.78, 5) is 13.3. The van der Waals surface area contributed by atoms with Crippen molar-refractivity contribution in [3.8, 4) is 0 Å². The molecule has 1 aromatic carbocycles. The Morgan fingerprint density at radius 1 is 0.950 bits per heavy atom. The van der Waals surface area contributed by atoms with E-state index in [1.807, 2.05) is 6.20 Å². The summed E-state index contributed by atoms with van der Waals surface area (Å²) in [7, 11) is 0. The molecule has 2 aromatic rings. The van der Waals surface area contributed by atoms with Crippen LogP contribution in [-0.2, 0) is 0 Å². The van der Waals surface area contributed by atoms with Crippen molar-refractivity contribution in [1.29, 1.82) is 0 Å². The Labute approximate surface area is 120 Å². The summed E-state index contributed by atoms with van der Waals surface area (Å²) in [5.74, 6) is 0.979. The molecule has 0 saturated carbocycles. The highest BCUT2D eigenvalue weighted by molar-refractivity contribution is 5.55. The minimum absolute atomic E-state index is 0.979. The van der Waals surface area contributed by atoms with E-state index >= 15 is 0 Å². The zero-order valence-electron chi connectivity index (χ0n) is 12.1. The third-order valence-corrected chi connectivity index (χ3v) is 3.85. The van der Waals surface area contributed by atoms with Gasteiger partial charge < -0.3 is 9.80 Å². The summed E-state index contributed by atoms with van der Waals surface area (Å²) < 4.78 is 0. The first-order valence-electron chi connectivity index (χ1n) is 7.07. The van der Waals surface area contributed by atoms with Gasteiger partial charge in [-0.1, -0.05) is 17.7 Å². The Morgan fingerprint density at radius 3 is 2.35 bits per heavy atom. The molecule has 4 nitrogen and oxygen atoms in total. The van der Waals surface area contributed by atoms with Gasteiger partial charge in [0.25, 0.3) is 0 Å². The number of nitrogens with zero attached hydrogens (tertiary/aromatic N) is 4. The molecule has 0 radical (unpaired) electrons. The van der Waals surface area contributed by atoms with Crippen LogP contribution < -0.4 is 9.80 Å². The lowest BCUT2D eigenvalue weighted by atomic mass is 10.1. The number of piperazine rings is 1. The Balaban J connectivity index is 1.69. The third kappa shape index (κ3) is 2.59. The molecule has 0 bridgehead atoms. The summed E-state index contributed by atoms with van der Waals surface area (Å²) in [6.07, 6.45) is 5.31. The zero-order chi connectivity index (χ0) is 13.9. The summed E-state index contributed by atoms with van der Waals surface area (Å²) in [6.45, 7) is 8.37. The highest BCUT2D eigenvalue weighted by Crippen LogP contribution is 2.23. The molecule has 20 heavy (non-hydrogen) atoms. The number of rotatable bonds is 2. The standard InChI is InChI=1S/C16H20N4/c1-13-3-4-15(14(2)11-13)19-7-9-20(10-8-19)16-12-17-5-6-18-16/h3-6,11-12H,7-10H2,1-2H3. The first kappa shape index (κ1) is 12.9. The molecule has 1 aromatic heterocycles. The summed E-state index contributed by atoms with van der Waals surface area (Å²) >= 11 is 0. The van der Waals surface area contributed by atoms with Crippen molar-refractivity contribution >= 4 is 11.5 Å². The van der Waals surface area contributed by atoms with E-state index in [4.69, 9.17) is 0 Å². The molecular weight excluding hydrogens is 248 g/mol. The fourth-order valence-electron chi connectivity index (χ4n) is 2.79. The van der Waals surface area contributed by atoms with Crippen molar-refractivity contribution in [1.82, 2.24) is 9.97 Å². The van der Waals surface area contributed by atoms with E-state index in [2.05, 4.69) is 51.8 Å². The highest BCUT2D eigenvalue weighted by Gasteiger charge is 2.19. The van der Waals surface area contributed by atoms with Crippen LogP contribution >= 0.6 is 0 Å². The van der Waals surface area contributed by atoms with Crippen molar-refractivity contribution in [3.63, 3.8) is 0 Å². The maximum Gasteiger partial charge on any atom is 0.147 e. The molecule has 0 spiro atoms. The molecule has 0 aliphatic carbocycles. The minimum atomic E-state index is 0.979. The molecule has 1 fully saturated rings. The van der Waals surface area contributed by atoms with Gasteiger partial charge in [-0.3, -0.25) is 4.98 Å². The zero-order valence-corrected chi connectivity index (χ0v) is 12.1. The summed E-state index contributed by atoms with van der Waals surface area (Å²) in [5.41, 5.74) is 4.04. The van der Waals surface area contributed by atoms with Crippen LogP contribution in [0.15, 0.2) is 36.8 Å². The molecule has 1 aliphatic rings. The van der Waals surface area contributed by atoms with E-state index < -0.39 is 0 Å². The summed E-state index contributed by atoms with van der Waals surface area (Å²) in [6, 6.07) is 6.68. The molecule has 4 heteroatoms. The number of hydrogen-bond acceptors (Lipinski definition) is 4. The average molecular weight is 268 g/mol. The van der Waals surface area contributed by atoms with Crippen LogP contribution in [0.3, 0.4) is 0 Å². The second-order valence-electron chi connectivity index (χ2n) is 5.33. The molecule has 104 valence electrons. The maximum absolute atomic E-state index is 4.37. The van der Waals surface area contributed by atoms with Crippen LogP contribution in [0.1, 0.15) is 11.1 Å². The maximum atomic E-state index is 4.37. The minimum Gasteiger partial charge on any atom is -0.368 e. The molecule has 1 saturated heterocycles. The molecular formula is C16H20N4. The highest BCUT2D eigenvalue weighted by atomic mass is 15.3. The van der Waals surface area contributed by atoms with Crippen LogP contribution in [0.25, 0.3) is 0 Å². The molecule has 0 unspecified atom stereocenters. The van der Waals surface area contributed by atoms with Crippen molar-refractivity contribution in [2.45, 2.75) is 13.8 Å². The fraction of sp³-hybridized carbons (Fsp3) is 0.375. The quantitative estimate of drug-likeness (QED) is 0.837. The lowest BCUT2D eigenvalue weighted by Crippen LogP contribution is -2.47. The molecule has 3 rings (SSSR count). The first-order chi connectivity index (χ1) is 9.74. The van der Waals surface area contributed by atoms with Crippen molar-refractivity contribution < 1.29 is 0 Å². The average Bonchev–Trinajstić information content (AvgIpc) is 2.48. The predicted molar refractivity (Wildman–Crippen MR) is 82.4 cm³/mol. The Hall–Kier alpha value is -2.10. The first-order valence-corrected chi connectivity index (χ1v) is 7.07. The van der Waals surface area contributed by atoms with Crippen LogP contribution in [0.2, 0.25) is 0 Å². The van der Waals surface area contributed by atoms with Gasteiger partial charge in [-0.2, -0.15) is 0 Å². The Kier molecular flexibility index (Phi) is 3.54. The van der Waals surface area contributed by atoms with Crippen LogP contribution in [0, 0.1) is 13.8 Å². The summed E-state index contributed by atoms with van der Waals surface area (Å²) in [5, 5.41) is 0. The fourth-order valence-corrected chi connectivity index (χ4v) is 2.79. The van der Waals surface area contributed by atoms with Gasteiger partial charge in [0.2, 0.25) is 0 Å². The largest absolute Gasteiger partial charge is 0.368 e. The number of anilines is 2. The van der Waals surface area contributed by atoms with Gasteiger partial charge in [-0.25, -0.2) is 4.98 Å². The van der Waals surface area contributed by atoms with E-state index in [1.165, 1.54) is 16.8 Å². The molecule has 1 aliphatic heterocycles. The van der Waals surface area contributed by atoms with Gasteiger partial charge in [0, 0.05) is 44.3 Å². The predicted octanol–water partition coefficient (Wildman–Crippen LogP) is 2.42. The van der Waals surface area contributed by atoms with Gasteiger partial charge in [0.05, 0.1) is 6.20 Å². The van der Waals surface area contributed by atoms with Gasteiger partial charge in [0.15, 0.2) is 0 Å². The molecule has 0 N–H and O–H groups in total. The second-order valence-corrected chi connectivity index (χ2v) is 5.33. The number of benzene rings is 1. The smallest absolute Gasteiger partial charge is 0.147 e. The lowest BCUT2D eigenvalue weighted by molar-refractivity contribution is 0.645. The molecule has 0 amide bonds. The third-order valence-electron chi connectivity index (χ3n) is 3.85. The Bertz CT molecular complexity index is 574. The van der Waals surface area contributed by atoms with Crippen molar-refractivity contribution in [2.24, 2.45) is 0 Å². The molecule has 2 heterocycles. The van der Waals surface area contributed by atoms with E-state index in [1.54, 1.807) is 12.4 Å². The van der Waals surface area contributed by atoms with Gasteiger partial charge >= 0.3 is 0 Å². The van der Waals surface area contributed by atoms with Gasteiger partial charge in [-0.15, -0.1) is 0 Å². The van der Waals surface area contributed by atoms with Crippen molar-refractivity contribution in [2.75, 3.05) is 36.0 Å². The van der Waals surface area contributed by atoms with Crippen LogP contribution in [-0.4, -0.2) is 36.1 Å². The number of aryl methyl sites for hydroxylation is 2.